The van der Waals surface area contributed by atoms with Gasteiger partial charge in [0.1, 0.15) is 73.2 Å². The van der Waals surface area contributed by atoms with Crippen LogP contribution in [0.25, 0.3) is 0 Å². The third-order valence-electron chi connectivity index (χ3n) is 20.7. The Kier molecular flexibility index (Phi) is 57.3. The Morgan fingerprint density at radius 3 is 1.02 bits per heavy atom. The van der Waals surface area contributed by atoms with Crippen LogP contribution in [-0.4, -0.2) is 193 Å². The van der Waals surface area contributed by atoms with Gasteiger partial charge < -0.3 is 89.9 Å². The maximum Gasteiger partial charge on any atom is 0.220 e. The molecule has 3 saturated heterocycles. The predicted octanol–water partition coefficient (Wildman–Crippen LogP) is 13.9. The standard InChI is InChI=1S/C81H151NO18/c1-3-5-7-9-11-13-15-17-19-21-23-25-27-29-30-31-32-33-35-36-38-40-42-44-46-48-50-52-54-56-58-65(86)64(82-69(87)59-57-55-53-51-49-47-45-43-41-39-37-34-28-26-24-22-20-18-16-14-12-10-8-6-4-2)63-95-79-75(93)72(90)77(67(61-84)97-79)100-81-76(94)73(91)78(68(62-85)98-81)99-80-74(92)71(89)70(88)66(60-83)96-80/h16,18,22,24,56,58,64-68,70-81,83-86,88-94H,3-15,17,19-21,23,25-55,57,59-63H2,1-2H3,(H,82,87)/b18-16-,24-22-,58-56+. The molecule has 0 spiro atoms. The maximum absolute atomic E-state index is 13.5. The summed E-state index contributed by atoms with van der Waals surface area (Å²) in [6.07, 6.45) is 49.9. The van der Waals surface area contributed by atoms with Crippen molar-refractivity contribution in [3.8, 4) is 0 Å². The van der Waals surface area contributed by atoms with Gasteiger partial charge in [-0.1, -0.05) is 320 Å². The maximum atomic E-state index is 13.5. The molecule has 0 radical (unpaired) electrons. The molecule has 17 atom stereocenters. The molecular weight excluding hydrogens is 1270 g/mol. The fraction of sp³-hybridized carbons (Fsp3) is 0.914. The van der Waals surface area contributed by atoms with Gasteiger partial charge in [-0.15, -0.1) is 0 Å². The Hall–Kier alpha value is -1.99. The summed E-state index contributed by atoms with van der Waals surface area (Å²) in [5.74, 6) is -0.271. The highest BCUT2D eigenvalue weighted by atomic mass is 16.8. The van der Waals surface area contributed by atoms with E-state index in [2.05, 4.69) is 43.5 Å². The lowest BCUT2D eigenvalue weighted by Crippen LogP contribution is -2.66. The van der Waals surface area contributed by atoms with Crippen LogP contribution >= 0.6 is 0 Å². The van der Waals surface area contributed by atoms with E-state index in [0.29, 0.717) is 6.42 Å². The summed E-state index contributed by atoms with van der Waals surface area (Å²) < 4.78 is 34.5. The molecule has 19 heteroatoms. The van der Waals surface area contributed by atoms with Crippen molar-refractivity contribution in [2.24, 2.45) is 0 Å². The minimum absolute atomic E-state index is 0.244. The lowest BCUT2D eigenvalue weighted by molar-refractivity contribution is -0.379. The second kappa shape index (κ2) is 62.1. The Bertz CT molecular complexity index is 1950. The van der Waals surface area contributed by atoms with Gasteiger partial charge in [-0.3, -0.25) is 4.79 Å². The van der Waals surface area contributed by atoms with Crippen LogP contribution in [0, 0.1) is 0 Å². The molecule has 0 saturated carbocycles. The topological polar surface area (TPSA) is 307 Å². The van der Waals surface area contributed by atoms with Gasteiger partial charge in [0.2, 0.25) is 5.91 Å². The average Bonchev–Trinajstić information content (AvgIpc) is 0.783. The summed E-state index contributed by atoms with van der Waals surface area (Å²) in [6, 6.07) is -0.975. The third-order valence-corrected chi connectivity index (χ3v) is 20.7. The highest BCUT2D eigenvalue weighted by Crippen LogP contribution is 2.33. The number of aliphatic hydroxyl groups is 11. The van der Waals surface area contributed by atoms with E-state index in [4.69, 9.17) is 28.4 Å². The normalized spacial score (nSPS) is 26.6. The van der Waals surface area contributed by atoms with Gasteiger partial charge >= 0.3 is 0 Å². The van der Waals surface area contributed by atoms with Crippen molar-refractivity contribution < 1.29 is 89.4 Å². The molecule has 19 nitrogen and oxygen atoms in total. The number of carbonyl (C=O) groups excluding carboxylic acids is 1. The molecule has 1 amide bonds. The zero-order chi connectivity index (χ0) is 72.5. The quantitative estimate of drug-likeness (QED) is 0.0199. The number of aliphatic hydroxyl groups excluding tert-OH is 11. The smallest absolute Gasteiger partial charge is 0.220 e. The molecule has 3 aliphatic heterocycles. The van der Waals surface area contributed by atoms with Crippen molar-refractivity contribution in [3.63, 3.8) is 0 Å². The van der Waals surface area contributed by atoms with E-state index < -0.39 is 124 Å². The van der Waals surface area contributed by atoms with E-state index >= 15 is 0 Å². The van der Waals surface area contributed by atoms with Crippen LogP contribution in [0.3, 0.4) is 0 Å². The number of hydrogen-bond acceptors (Lipinski definition) is 18. The summed E-state index contributed by atoms with van der Waals surface area (Å²) in [4.78, 5) is 13.5. The summed E-state index contributed by atoms with van der Waals surface area (Å²) in [5, 5.41) is 121. The number of rotatable bonds is 66. The summed E-state index contributed by atoms with van der Waals surface area (Å²) >= 11 is 0. The molecule has 0 aromatic carbocycles. The number of ether oxygens (including phenoxy) is 6. The number of hydrogen-bond donors (Lipinski definition) is 12. The average molecular weight is 1430 g/mol. The zero-order valence-corrected chi connectivity index (χ0v) is 62.9. The van der Waals surface area contributed by atoms with Crippen LogP contribution < -0.4 is 5.32 Å². The van der Waals surface area contributed by atoms with Crippen LogP contribution in [0.1, 0.15) is 341 Å². The number of amides is 1. The molecule has 3 rings (SSSR count). The summed E-state index contributed by atoms with van der Waals surface area (Å²) in [7, 11) is 0. The predicted molar refractivity (Wildman–Crippen MR) is 397 cm³/mol. The first-order valence-electron chi connectivity index (χ1n) is 41.2. The van der Waals surface area contributed by atoms with Gasteiger partial charge in [0.25, 0.3) is 0 Å². The van der Waals surface area contributed by atoms with Gasteiger partial charge in [-0.05, 0) is 51.4 Å². The molecule has 0 aromatic rings. The molecular formula is C81H151NO18. The first-order chi connectivity index (χ1) is 48.8. The van der Waals surface area contributed by atoms with Gasteiger partial charge in [0, 0.05) is 6.42 Å². The van der Waals surface area contributed by atoms with Crippen LogP contribution in [0.2, 0.25) is 0 Å². The molecule has 17 unspecified atom stereocenters. The second-order valence-electron chi connectivity index (χ2n) is 29.6. The zero-order valence-electron chi connectivity index (χ0n) is 62.9. The van der Waals surface area contributed by atoms with Gasteiger partial charge in [0.05, 0.1) is 38.6 Å². The molecule has 3 fully saturated rings. The van der Waals surface area contributed by atoms with Crippen molar-refractivity contribution in [2.75, 3.05) is 26.4 Å². The van der Waals surface area contributed by atoms with Crippen molar-refractivity contribution in [2.45, 2.75) is 446 Å². The SMILES string of the molecule is CCCCCCC/C=C\C/C=C\CCCCCCCCCCCCCCCC(=O)NC(COC1OC(CO)C(OC2OC(CO)C(OC3OC(CO)C(O)C(O)C3O)C(O)C2O)C(O)C1O)C(O)/C=C/CCCCCCCCCCCCCCCCCCCCCCCCCCCCCC. The second-order valence-corrected chi connectivity index (χ2v) is 29.6. The summed E-state index contributed by atoms with van der Waals surface area (Å²) in [5.41, 5.74) is 0. The Morgan fingerprint density at radius 2 is 0.660 bits per heavy atom. The monoisotopic (exact) mass is 1430 g/mol. The van der Waals surface area contributed by atoms with Crippen LogP contribution in [0.15, 0.2) is 36.5 Å². The van der Waals surface area contributed by atoms with E-state index in [1.807, 2.05) is 6.08 Å². The fourth-order valence-corrected chi connectivity index (χ4v) is 14.1. The fourth-order valence-electron chi connectivity index (χ4n) is 14.1. The molecule has 12 N–H and O–H groups in total. The minimum atomic E-state index is -1.98. The number of unbranched alkanes of at least 4 members (excludes halogenated alkanes) is 46. The van der Waals surface area contributed by atoms with E-state index in [1.165, 1.54) is 263 Å². The van der Waals surface area contributed by atoms with Crippen molar-refractivity contribution in [1.29, 1.82) is 0 Å². The van der Waals surface area contributed by atoms with Crippen LogP contribution in [-0.2, 0) is 33.2 Å². The number of allylic oxidation sites excluding steroid dienone is 5. The Balaban J connectivity index is 1.37. The van der Waals surface area contributed by atoms with Crippen LogP contribution in [0.5, 0.6) is 0 Å². The molecule has 588 valence electrons. The van der Waals surface area contributed by atoms with Gasteiger partial charge in [-0.2, -0.15) is 0 Å². The number of nitrogens with one attached hydrogen (secondary N) is 1. The van der Waals surface area contributed by atoms with Crippen molar-refractivity contribution >= 4 is 5.91 Å². The molecule has 0 bridgehead atoms. The Labute approximate surface area is 606 Å². The van der Waals surface area contributed by atoms with E-state index in [1.54, 1.807) is 6.08 Å². The van der Waals surface area contributed by atoms with E-state index in [0.717, 1.165) is 51.4 Å². The van der Waals surface area contributed by atoms with Crippen LogP contribution in [0.4, 0.5) is 0 Å². The summed E-state index contributed by atoms with van der Waals surface area (Å²) in [6.45, 7) is 1.78. The highest BCUT2D eigenvalue weighted by Gasteiger charge is 2.54. The van der Waals surface area contributed by atoms with Crippen molar-refractivity contribution in [3.05, 3.63) is 36.5 Å². The largest absolute Gasteiger partial charge is 0.394 e. The first kappa shape index (κ1) is 92.2. The highest BCUT2D eigenvalue weighted by molar-refractivity contribution is 5.76. The lowest BCUT2D eigenvalue weighted by atomic mass is 9.96. The first-order valence-corrected chi connectivity index (χ1v) is 41.2. The Morgan fingerprint density at radius 1 is 0.360 bits per heavy atom. The van der Waals surface area contributed by atoms with E-state index in [9.17, 15) is 61.0 Å². The minimum Gasteiger partial charge on any atom is -0.394 e. The van der Waals surface area contributed by atoms with Gasteiger partial charge in [0.15, 0.2) is 18.9 Å². The lowest BCUT2D eigenvalue weighted by Gasteiger charge is -2.48. The molecule has 100 heavy (non-hydrogen) atoms. The third kappa shape index (κ3) is 41.8. The molecule has 3 heterocycles. The van der Waals surface area contributed by atoms with E-state index in [-0.39, 0.29) is 18.9 Å². The van der Waals surface area contributed by atoms with Gasteiger partial charge in [-0.25, -0.2) is 0 Å². The van der Waals surface area contributed by atoms with Crippen molar-refractivity contribution in [1.82, 2.24) is 5.32 Å². The molecule has 0 aromatic heterocycles. The number of carbonyl (C=O) groups is 1. The molecule has 3 aliphatic rings. The molecule has 0 aliphatic carbocycles.